The molecule has 0 bridgehead atoms. The van der Waals surface area contributed by atoms with Crippen molar-refractivity contribution in [1.29, 1.82) is 0 Å². The maximum absolute atomic E-state index is 14.4. The molecule has 0 saturated heterocycles. The van der Waals surface area contributed by atoms with Crippen LogP contribution in [-0.4, -0.2) is 42.3 Å². The molecular formula is C18H20F2N2O3S. The molecule has 0 spiro atoms. The van der Waals surface area contributed by atoms with E-state index in [-0.39, 0.29) is 30.4 Å². The molecule has 8 heteroatoms. The van der Waals surface area contributed by atoms with E-state index in [1.165, 1.54) is 13.2 Å². The van der Waals surface area contributed by atoms with E-state index in [4.69, 9.17) is 21.7 Å². The Balaban J connectivity index is 2.00. The van der Waals surface area contributed by atoms with Gasteiger partial charge in [0, 0.05) is 30.5 Å². The first kappa shape index (κ1) is 18.7. The maximum Gasteiger partial charge on any atom is 0.338 e. The lowest BCUT2D eigenvalue weighted by Crippen LogP contribution is -2.49. The molecule has 1 atom stereocenters. The number of carbonyl (C=O) groups is 1. The lowest BCUT2D eigenvalue weighted by Gasteiger charge is -2.37. The van der Waals surface area contributed by atoms with Gasteiger partial charge in [0.15, 0.2) is 5.11 Å². The molecular weight excluding hydrogens is 362 g/mol. The maximum atomic E-state index is 14.4. The van der Waals surface area contributed by atoms with E-state index in [9.17, 15) is 13.6 Å². The van der Waals surface area contributed by atoms with Gasteiger partial charge in [0.25, 0.3) is 0 Å². The topological polar surface area (TPSA) is 50.8 Å². The molecule has 5 nitrogen and oxygen atoms in total. The number of benzene rings is 1. The van der Waals surface area contributed by atoms with Crippen LogP contribution < -0.4 is 5.32 Å². The van der Waals surface area contributed by atoms with Gasteiger partial charge in [-0.05, 0) is 38.0 Å². The van der Waals surface area contributed by atoms with Crippen LogP contribution in [0.25, 0.3) is 0 Å². The van der Waals surface area contributed by atoms with E-state index in [0.717, 1.165) is 25.0 Å². The van der Waals surface area contributed by atoms with Crippen LogP contribution in [0, 0.1) is 11.6 Å². The second-order valence-electron chi connectivity index (χ2n) is 6.28. The zero-order valence-corrected chi connectivity index (χ0v) is 15.4. The standard InChI is InChI=1S/C18H20F2N2O3S/c1-10-15(17(23)25-8-7-24-2)16(13-6-3-11(19)9-14(13)20)21-18(26)22(10)12-4-5-12/h3,6,9,12,16H,4-5,7-8H2,1-2H3,(H,21,26)/t16-/m1/s1. The minimum absolute atomic E-state index is 0.0820. The number of methoxy groups -OCH3 is 1. The molecule has 0 radical (unpaired) electrons. The molecule has 0 aromatic heterocycles. The van der Waals surface area contributed by atoms with Gasteiger partial charge in [0.05, 0.1) is 18.2 Å². The van der Waals surface area contributed by atoms with E-state index in [1.807, 2.05) is 4.90 Å². The molecule has 1 aromatic carbocycles. The summed E-state index contributed by atoms with van der Waals surface area (Å²) in [5.41, 5.74) is 1.04. The number of hydrogen-bond acceptors (Lipinski definition) is 4. The van der Waals surface area contributed by atoms with Crippen molar-refractivity contribution >= 4 is 23.3 Å². The Morgan fingerprint density at radius 2 is 2.08 bits per heavy atom. The van der Waals surface area contributed by atoms with Gasteiger partial charge >= 0.3 is 5.97 Å². The second kappa shape index (κ2) is 7.67. The Kier molecular flexibility index (Phi) is 5.52. The quantitative estimate of drug-likeness (QED) is 0.464. The summed E-state index contributed by atoms with van der Waals surface area (Å²) in [4.78, 5) is 14.6. The number of halogens is 2. The number of rotatable bonds is 6. The average Bonchev–Trinajstić information content (AvgIpc) is 3.39. The number of hydrogen-bond donors (Lipinski definition) is 1. The van der Waals surface area contributed by atoms with E-state index >= 15 is 0 Å². The first-order chi connectivity index (χ1) is 12.4. The van der Waals surface area contributed by atoms with Crippen molar-refractivity contribution in [3.63, 3.8) is 0 Å². The molecule has 1 aromatic rings. The van der Waals surface area contributed by atoms with Crippen LogP contribution in [0.1, 0.15) is 31.4 Å². The molecule has 140 valence electrons. The fourth-order valence-electron chi connectivity index (χ4n) is 3.06. The smallest absolute Gasteiger partial charge is 0.338 e. The number of thiocarbonyl (C=S) groups is 1. The highest BCUT2D eigenvalue weighted by molar-refractivity contribution is 7.80. The number of allylic oxidation sites excluding steroid dienone is 1. The van der Waals surface area contributed by atoms with Crippen LogP contribution >= 0.6 is 12.2 Å². The zero-order valence-electron chi connectivity index (χ0n) is 14.6. The highest BCUT2D eigenvalue weighted by Crippen LogP contribution is 2.38. The van der Waals surface area contributed by atoms with Crippen LogP contribution in [0.2, 0.25) is 0 Å². The molecule has 1 aliphatic heterocycles. The van der Waals surface area contributed by atoms with Gasteiger partial charge in [0.2, 0.25) is 0 Å². The van der Waals surface area contributed by atoms with E-state index in [0.29, 0.717) is 10.8 Å². The minimum atomic E-state index is -0.840. The molecule has 1 aliphatic carbocycles. The first-order valence-corrected chi connectivity index (χ1v) is 8.76. The van der Waals surface area contributed by atoms with Gasteiger partial charge in [-0.1, -0.05) is 6.07 Å². The Morgan fingerprint density at radius 1 is 1.35 bits per heavy atom. The first-order valence-electron chi connectivity index (χ1n) is 8.35. The lowest BCUT2D eigenvalue weighted by atomic mass is 9.94. The van der Waals surface area contributed by atoms with Gasteiger partial charge in [-0.25, -0.2) is 13.6 Å². The number of nitrogens with one attached hydrogen (secondary N) is 1. The van der Waals surface area contributed by atoms with Crippen molar-refractivity contribution in [3.8, 4) is 0 Å². The summed E-state index contributed by atoms with van der Waals surface area (Å²) >= 11 is 5.42. The van der Waals surface area contributed by atoms with Crippen molar-refractivity contribution in [2.24, 2.45) is 0 Å². The monoisotopic (exact) mass is 382 g/mol. The summed E-state index contributed by atoms with van der Waals surface area (Å²) < 4.78 is 37.8. The normalized spacial score (nSPS) is 20.2. The highest BCUT2D eigenvalue weighted by atomic mass is 32.1. The number of nitrogens with zero attached hydrogens (tertiary/aromatic N) is 1. The van der Waals surface area contributed by atoms with E-state index in [1.54, 1.807) is 6.92 Å². The third-order valence-corrected chi connectivity index (χ3v) is 4.77. The van der Waals surface area contributed by atoms with Crippen molar-refractivity contribution in [3.05, 3.63) is 46.7 Å². The van der Waals surface area contributed by atoms with Gasteiger partial charge in [0.1, 0.15) is 18.2 Å². The van der Waals surface area contributed by atoms with Crippen LogP contribution in [-0.2, 0) is 14.3 Å². The van der Waals surface area contributed by atoms with Crippen LogP contribution in [0.5, 0.6) is 0 Å². The number of esters is 1. The van der Waals surface area contributed by atoms with Gasteiger partial charge in [-0.15, -0.1) is 0 Å². The fraction of sp³-hybridized carbons (Fsp3) is 0.444. The summed E-state index contributed by atoms with van der Waals surface area (Å²) in [5.74, 6) is -2.01. The third-order valence-electron chi connectivity index (χ3n) is 4.45. The summed E-state index contributed by atoms with van der Waals surface area (Å²) in [5, 5.41) is 3.44. The molecule has 0 unspecified atom stereocenters. The zero-order chi connectivity index (χ0) is 18.8. The lowest BCUT2D eigenvalue weighted by molar-refractivity contribution is -0.140. The molecule has 26 heavy (non-hydrogen) atoms. The van der Waals surface area contributed by atoms with Gasteiger partial charge in [-0.2, -0.15) is 0 Å². The molecule has 0 amide bonds. The van der Waals surface area contributed by atoms with Crippen molar-refractivity contribution in [1.82, 2.24) is 10.2 Å². The van der Waals surface area contributed by atoms with Crippen molar-refractivity contribution in [2.45, 2.75) is 31.8 Å². The van der Waals surface area contributed by atoms with E-state index < -0.39 is 23.6 Å². The van der Waals surface area contributed by atoms with Crippen LogP contribution in [0.15, 0.2) is 29.5 Å². The second-order valence-corrected chi connectivity index (χ2v) is 6.66. The number of ether oxygens (including phenoxy) is 2. The Hall–Kier alpha value is -2.06. The van der Waals surface area contributed by atoms with Gasteiger partial charge in [-0.3, -0.25) is 0 Å². The fourth-order valence-corrected chi connectivity index (χ4v) is 3.46. The van der Waals surface area contributed by atoms with Gasteiger partial charge < -0.3 is 19.7 Å². The Bertz CT molecular complexity index is 765. The summed E-state index contributed by atoms with van der Waals surface area (Å²) in [6.45, 7) is 2.11. The number of carbonyl (C=O) groups excluding carboxylic acids is 1. The SMILES string of the molecule is COCCOC(=O)C1=C(C)N(C2CC2)C(=S)N[C@@H]1c1ccc(F)cc1F. The molecule has 1 fully saturated rings. The molecule has 1 heterocycles. The summed E-state index contributed by atoms with van der Waals surface area (Å²) in [6, 6.07) is 2.65. The largest absolute Gasteiger partial charge is 0.460 e. The predicted octanol–water partition coefficient (Wildman–Crippen LogP) is 2.82. The Morgan fingerprint density at radius 3 is 2.69 bits per heavy atom. The van der Waals surface area contributed by atoms with Crippen molar-refractivity contribution < 1.29 is 23.0 Å². The average molecular weight is 382 g/mol. The Labute approximate surface area is 155 Å². The third kappa shape index (κ3) is 3.71. The minimum Gasteiger partial charge on any atom is -0.460 e. The molecule has 2 aliphatic rings. The summed E-state index contributed by atoms with van der Waals surface area (Å²) in [6.07, 6.45) is 1.95. The van der Waals surface area contributed by atoms with Crippen molar-refractivity contribution in [2.75, 3.05) is 20.3 Å². The molecule has 1 saturated carbocycles. The highest BCUT2D eigenvalue weighted by Gasteiger charge is 2.41. The predicted molar refractivity (Wildman–Crippen MR) is 95.2 cm³/mol. The molecule has 1 N–H and O–H groups in total. The molecule has 3 rings (SSSR count). The van der Waals surface area contributed by atoms with E-state index in [2.05, 4.69) is 5.32 Å². The van der Waals surface area contributed by atoms with Crippen LogP contribution in [0.4, 0.5) is 8.78 Å². The van der Waals surface area contributed by atoms with Crippen LogP contribution in [0.3, 0.4) is 0 Å². The summed E-state index contributed by atoms with van der Waals surface area (Å²) in [7, 11) is 1.50.